The zero-order valence-electron chi connectivity index (χ0n) is 6.70. The van der Waals surface area contributed by atoms with E-state index in [0.717, 1.165) is 0 Å². The first-order chi connectivity index (χ1) is 5.61. The van der Waals surface area contributed by atoms with Crippen LogP contribution in [0.2, 0.25) is 0 Å². The van der Waals surface area contributed by atoms with Crippen molar-refractivity contribution in [2.45, 2.75) is 12.8 Å². The van der Waals surface area contributed by atoms with E-state index < -0.39 is 5.97 Å². The topological polar surface area (TPSA) is 57.6 Å². The predicted octanol–water partition coefficient (Wildman–Crippen LogP) is 0.362. The first-order valence-corrected chi connectivity index (χ1v) is 3.56. The molecule has 12 heavy (non-hydrogen) atoms. The number of amides is 1. The number of rotatable bonds is 1. The first kappa shape index (κ1) is 8.56. The third-order valence-electron chi connectivity index (χ3n) is 1.67. The zero-order chi connectivity index (χ0) is 9.14. The summed E-state index contributed by atoms with van der Waals surface area (Å²) < 4.78 is 0. The Balaban J connectivity index is 2.88. The van der Waals surface area contributed by atoms with Gasteiger partial charge in [-0.05, 0) is 6.42 Å². The highest BCUT2D eigenvalue weighted by molar-refractivity contribution is 5.88. The van der Waals surface area contributed by atoms with E-state index in [1.54, 1.807) is 7.05 Å². The molecular weight excluding hydrogens is 158 g/mol. The van der Waals surface area contributed by atoms with Gasteiger partial charge in [-0.25, -0.2) is 4.79 Å². The molecule has 0 bridgehead atoms. The van der Waals surface area contributed by atoms with E-state index in [2.05, 4.69) is 5.73 Å². The largest absolute Gasteiger partial charge is 0.477 e. The van der Waals surface area contributed by atoms with Crippen LogP contribution in [0.4, 0.5) is 0 Å². The van der Waals surface area contributed by atoms with E-state index in [9.17, 15) is 9.59 Å². The summed E-state index contributed by atoms with van der Waals surface area (Å²) in [6, 6.07) is 0. The lowest BCUT2D eigenvalue weighted by atomic mass is 10.1. The molecule has 0 aromatic heterocycles. The Morgan fingerprint density at radius 2 is 2.33 bits per heavy atom. The van der Waals surface area contributed by atoms with Gasteiger partial charge in [0.2, 0.25) is 5.91 Å². The molecule has 1 aliphatic rings. The number of carbonyl (C=O) groups excluding carboxylic acids is 1. The molecule has 1 amide bonds. The second-order valence-electron chi connectivity index (χ2n) is 2.56. The van der Waals surface area contributed by atoms with Crippen LogP contribution in [0.25, 0.3) is 0 Å². The zero-order valence-corrected chi connectivity index (χ0v) is 6.70. The molecule has 0 unspecified atom stereocenters. The average molecular weight is 167 g/mol. The molecule has 0 saturated carbocycles. The van der Waals surface area contributed by atoms with Crippen molar-refractivity contribution in [2.75, 3.05) is 7.05 Å². The van der Waals surface area contributed by atoms with E-state index in [0.29, 0.717) is 0 Å². The summed E-state index contributed by atoms with van der Waals surface area (Å²) in [7, 11) is 1.58. The molecule has 1 heterocycles. The van der Waals surface area contributed by atoms with Gasteiger partial charge in [0.1, 0.15) is 0 Å². The van der Waals surface area contributed by atoms with Crippen LogP contribution < -0.4 is 0 Å². The summed E-state index contributed by atoms with van der Waals surface area (Å²) in [5.41, 5.74) is 2.72. The summed E-state index contributed by atoms with van der Waals surface area (Å²) in [6.45, 7) is 0. The van der Waals surface area contributed by atoms with Crippen LogP contribution in [0.5, 0.6) is 0 Å². The number of carbonyl (C=O) groups is 2. The third-order valence-corrected chi connectivity index (χ3v) is 1.67. The fourth-order valence-corrected chi connectivity index (χ4v) is 0.896. The summed E-state index contributed by atoms with van der Waals surface area (Å²) in [5.74, 6) is -1.09. The number of aliphatic carboxylic acids is 1. The summed E-state index contributed by atoms with van der Waals surface area (Å²) >= 11 is 0. The second kappa shape index (κ2) is 3.24. The number of hydrogen-bond acceptors (Lipinski definition) is 2. The molecule has 0 aromatic carbocycles. The van der Waals surface area contributed by atoms with Crippen molar-refractivity contribution in [3.8, 4) is 0 Å². The van der Waals surface area contributed by atoms with Gasteiger partial charge in [-0.3, -0.25) is 4.79 Å². The Hall–Kier alpha value is -1.54. The third kappa shape index (κ3) is 1.74. The Morgan fingerprint density at radius 3 is 2.92 bits per heavy atom. The van der Waals surface area contributed by atoms with E-state index in [-0.39, 0.29) is 24.3 Å². The van der Waals surface area contributed by atoms with Gasteiger partial charge in [0, 0.05) is 19.7 Å². The fraction of sp³-hybridized carbons (Fsp3) is 0.375. The maximum Gasteiger partial charge on any atom is 0.339 e. The van der Waals surface area contributed by atoms with Crippen LogP contribution in [0.15, 0.2) is 17.5 Å². The van der Waals surface area contributed by atoms with Crippen molar-refractivity contribution < 1.29 is 14.7 Å². The average Bonchev–Trinajstić information content (AvgIpc) is 2.16. The summed E-state index contributed by atoms with van der Waals surface area (Å²) in [4.78, 5) is 22.8. The van der Waals surface area contributed by atoms with Gasteiger partial charge in [-0.15, -0.1) is 0 Å². The second-order valence-corrected chi connectivity index (χ2v) is 2.56. The van der Waals surface area contributed by atoms with E-state index in [1.165, 1.54) is 11.1 Å². The van der Waals surface area contributed by atoms with Gasteiger partial charge in [-0.2, -0.15) is 0 Å². The van der Waals surface area contributed by atoms with E-state index >= 15 is 0 Å². The van der Waals surface area contributed by atoms with Crippen molar-refractivity contribution >= 4 is 11.9 Å². The quantitative estimate of drug-likeness (QED) is 0.574. The Bertz CT molecular complexity index is 287. The Labute approximate surface area is 69.8 Å². The predicted molar refractivity (Wildman–Crippen MR) is 41.2 cm³/mol. The van der Waals surface area contributed by atoms with Crippen molar-refractivity contribution in [3.05, 3.63) is 17.5 Å². The normalized spacial score (nSPS) is 17.2. The number of carboxylic acid groups (broad SMARTS) is 1. The van der Waals surface area contributed by atoms with Crippen LogP contribution in [0.1, 0.15) is 12.8 Å². The minimum absolute atomic E-state index is 0.0845. The molecule has 1 aliphatic heterocycles. The van der Waals surface area contributed by atoms with E-state index in [4.69, 9.17) is 5.11 Å². The van der Waals surface area contributed by atoms with Crippen molar-refractivity contribution in [2.24, 2.45) is 0 Å². The molecule has 64 valence electrons. The monoisotopic (exact) mass is 167 g/mol. The minimum atomic E-state index is -1.01. The SMILES string of the molecule is CN1C=C=C(C(=O)O)CCC1=O. The molecule has 0 atom stereocenters. The molecule has 1 N–H and O–H groups in total. The highest BCUT2D eigenvalue weighted by Gasteiger charge is 2.14. The fourth-order valence-electron chi connectivity index (χ4n) is 0.896. The highest BCUT2D eigenvalue weighted by atomic mass is 16.4. The Kier molecular flexibility index (Phi) is 2.31. The molecule has 4 nitrogen and oxygen atoms in total. The molecular formula is C8H9NO3. The standard InChI is InChI=1S/C8H9NO3/c1-9-5-4-6(8(11)12)2-3-7(9)10/h5H,2-3H2,1H3,(H,11,12). The van der Waals surface area contributed by atoms with Crippen molar-refractivity contribution in [1.82, 2.24) is 4.90 Å². The molecule has 0 radical (unpaired) electrons. The lowest BCUT2D eigenvalue weighted by molar-refractivity contribution is -0.132. The van der Waals surface area contributed by atoms with Crippen LogP contribution in [0.3, 0.4) is 0 Å². The van der Waals surface area contributed by atoms with Gasteiger partial charge >= 0.3 is 5.97 Å². The summed E-state index contributed by atoms with van der Waals surface area (Å²) in [6.07, 6.45) is 1.86. The van der Waals surface area contributed by atoms with Crippen molar-refractivity contribution in [3.63, 3.8) is 0 Å². The maximum absolute atomic E-state index is 11.0. The van der Waals surface area contributed by atoms with Crippen LogP contribution in [-0.4, -0.2) is 28.9 Å². The maximum atomic E-state index is 11.0. The molecule has 0 aromatic rings. The van der Waals surface area contributed by atoms with Gasteiger partial charge < -0.3 is 10.0 Å². The van der Waals surface area contributed by atoms with Gasteiger partial charge in [-0.1, -0.05) is 5.73 Å². The highest BCUT2D eigenvalue weighted by Crippen LogP contribution is 2.09. The molecule has 0 aliphatic carbocycles. The lowest BCUT2D eigenvalue weighted by Gasteiger charge is -2.06. The number of carboxylic acids is 1. The smallest absolute Gasteiger partial charge is 0.339 e. The lowest BCUT2D eigenvalue weighted by Crippen LogP contribution is -2.19. The summed E-state index contributed by atoms with van der Waals surface area (Å²) in [5, 5.41) is 8.59. The van der Waals surface area contributed by atoms with Crippen LogP contribution in [-0.2, 0) is 9.59 Å². The molecule has 0 fully saturated rings. The Morgan fingerprint density at radius 1 is 1.67 bits per heavy atom. The molecule has 0 spiro atoms. The first-order valence-electron chi connectivity index (χ1n) is 3.56. The van der Waals surface area contributed by atoms with E-state index in [1.807, 2.05) is 0 Å². The van der Waals surface area contributed by atoms with Gasteiger partial charge in [0.05, 0.1) is 5.57 Å². The molecule has 0 saturated heterocycles. The molecule has 4 heteroatoms. The number of nitrogens with zero attached hydrogens (tertiary/aromatic N) is 1. The van der Waals surface area contributed by atoms with Gasteiger partial charge in [0.15, 0.2) is 0 Å². The van der Waals surface area contributed by atoms with Gasteiger partial charge in [0.25, 0.3) is 0 Å². The van der Waals surface area contributed by atoms with Crippen LogP contribution >= 0.6 is 0 Å². The van der Waals surface area contributed by atoms with Crippen molar-refractivity contribution in [1.29, 1.82) is 0 Å². The number of hydrogen-bond donors (Lipinski definition) is 1. The minimum Gasteiger partial charge on any atom is -0.477 e. The molecule has 1 rings (SSSR count). The van der Waals surface area contributed by atoms with Crippen LogP contribution in [0, 0.1) is 0 Å².